The van der Waals surface area contributed by atoms with E-state index in [1.54, 1.807) is 14.2 Å². The number of methoxy groups -OCH3 is 2. The third-order valence-electron chi connectivity index (χ3n) is 6.22. The zero-order chi connectivity index (χ0) is 18.1. The second kappa shape index (κ2) is 5.30. The molecule has 0 saturated carbocycles. The standard InChI is InChI=1S/C21H24NO4/c1-22(2)8-7-13-10-16-21(26-11-25-16)19-17(13)14(22)9-12-5-6-15(23-3)20(24-4)18(12)19/h5-6,10,14H,7-9,11H2,1-4H3/q+1/t14-/m0/s1. The Bertz CT molecular complexity index is 919. The van der Waals surface area contributed by atoms with Gasteiger partial charge in [-0.2, -0.15) is 0 Å². The summed E-state index contributed by atoms with van der Waals surface area (Å²) in [6, 6.07) is 6.77. The van der Waals surface area contributed by atoms with Gasteiger partial charge in [0.1, 0.15) is 6.04 Å². The molecule has 2 aliphatic heterocycles. The molecule has 0 bridgehead atoms. The quantitative estimate of drug-likeness (QED) is 0.775. The lowest BCUT2D eigenvalue weighted by Gasteiger charge is -2.46. The van der Waals surface area contributed by atoms with Crippen LogP contribution in [0.4, 0.5) is 0 Å². The van der Waals surface area contributed by atoms with Crippen molar-refractivity contribution in [1.82, 2.24) is 0 Å². The monoisotopic (exact) mass is 354 g/mol. The maximum Gasteiger partial charge on any atom is 0.231 e. The van der Waals surface area contributed by atoms with Crippen molar-refractivity contribution >= 4 is 0 Å². The first-order valence-corrected chi connectivity index (χ1v) is 9.07. The fourth-order valence-electron chi connectivity index (χ4n) is 4.83. The van der Waals surface area contributed by atoms with Gasteiger partial charge in [0.05, 0.1) is 34.9 Å². The summed E-state index contributed by atoms with van der Waals surface area (Å²) in [5, 5.41) is 0. The molecular formula is C21H24NO4+. The summed E-state index contributed by atoms with van der Waals surface area (Å²) in [6.07, 6.45) is 2.03. The minimum atomic E-state index is 0.274. The van der Waals surface area contributed by atoms with Gasteiger partial charge in [0.2, 0.25) is 6.79 Å². The number of rotatable bonds is 2. The topological polar surface area (TPSA) is 36.9 Å². The number of benzene rings is 2. The van der Waals surface area contributed by atoms with E-state index in [0.29, 0.717) is 6.04 Å². The van der Waals surface area contributed by atoms with Crippen molar-refractivity contribution in [2.45, 2.75) is 18.9 Å². The zero-order valence-electron chi connectivity index (χ0n) is 15.7. The largest absolute Gasteiger partial charge is 0.493 e. The number of ether oxygens (including phenoxy) is 4. The van der Waals surface area contributed by atoms with Crippen molar-refractivity contribution in [2.24, 2.45) is 0 Å². The smallest absolute Gasteiger partial charge is 0.231 e. The molecule has 1 aliphatic carbocycles. The second-order valence-electron chi connectivity index (χ2n) is 7.87. The minimum absolute atomic E-state index is 0.274. The van der Waals surface area contributed by atoms with Gasteiger partial charge in [0.15, 0.2) is 23.0 Å². The molecule has 5 nitrogen and oxygen atoms in total. The Balaban J connectivity index is 1.89. The first-order valence-electron chi connectivity index (χ1n) is 9.07. The molecule has 1 atom stereocenters. The lowest BCUT2D eigenvalue weighted by atomic mass is 9.75. The molecule has 2 heterocycles. The van der Waals surface area contributed by atoms with Gasteiger partial charge >= 0.3 is 0 Å². The molecule has 136 valence electrons. The van der Waals surface area contributed by atoms with E-state index >= 15 is 0 Å². The fraction of sp³-hybridized carbons (Fsp3) is 0.429. The van der Waals surface area contributed by atoms with Crippen LogP contribution in [0.3, 0.4) is 0 Å². The summed E-state index contributed by atoms with van der Waals surface area (Å²) in [4.78, 5) is 0. The number of likely N-dealkylation sites (N-methyl/N-ethyl adjacent to an activating group) is 1. The summed E-state index contributed by atoms with van der Waals surface area (Å²) in [5.74, 6) is 3.23. The Morgan fingerprint density at radius 1 is 1.04 bits per heavy atom. The molecule has 0 unspecified atom stereocenters. The highest BCUT2D eigenvalue weighted by Gasteiger charge is 2.45. The Labute approximate surface area is 153 Å². The average Bonchev–Trinajstić information content (AvgIpc) is 3.11. The Morgan fingerprint density at radius 3 is 2.65 bits per heavy atom. The predicted molar refractivity (Wildman–Crippen MR) is 98.2 cm³/mol. The molecule has 0 fully saturated rings. The number of hydrogen-bond acceptors (Lipinski definition) is 4. The van der Waals surface area contributed by atoms with Crippen molar-refractivity contribution in [1.29, 1.82) is 0 Å². The predicted octanol–water partition coefficient (Wildman–Crippen LogP) is 3.33. The van der Waals surface area contributed by atoms with Crippen molar-refractivity contribution < 1.29 is 23.4 Å². The van der Waals surface area contributed by atoms with Crippen LogP contribution in [-0.4, -0.2) is 46.1 Å². The van der Waals surface area contributed by atoms with Gasteiger partial charge in [0.25, 0.3) is 0 Å². The Hall–Kier alpha value is -2.40. The third-order valence-corrected chi connectivity index (χ3v) is 6.22. The summed E-state index contributed by atoms with van der Waals surface area (Å²) in [6.45, 7) is 1.40. The second-order valence-corrected chi connectivity index (χ2v) is 7.87. The van der Waals surface area contributed by atoms with Crippen molar-refractivity contribution in [2.75, 3.05) is 41.7 Å². The van der Waals surface area contributed by atoms with Crippen LogP contribution in [-0.2, 0) is 12.8 Å². The van der Waals surface area contributed by atoms with Gasteiger partial charge < -0.3 is 23.4 Å². The van der Waals surface area contributed by atoms with Gasteiger partial charge in [-0.25, -0.2) is 0 Å². The lowest BCUT2D eigenvalue weighted by molar-refractivity contribution is -0.923. The number of nitrogens with zero attached hydrogens (tertiary/aromatic N) is 1. The SMILES string of the molecule is COc1ccc2c(c1OC)-c1c3c(cc4c1[C@H](C2)[N+](C)(C)CC4)OCO3. The molecule has 0 saturated heterocycles. The molecule has 2 aromatic rings. The van der Waals surface area contributed by atoms with Crippen LogP contribution in [0.15, 0.2) is 18.2 Å². The average molecular weight is 354 g/mol. The summed E-state index contributed by atoms with van der Waals surface area (Å²) < 4.78 is 24.1. The van der Waals surface area contributed by atoms with Crippen LogP contribution in [0.25, 0.3) is 11.1 Å². The van der Waals surface area contributed by atoms with E-state index in [2.05, 4.69) is 26.2 Å². The van der Waals surface area contributed by atoms with Gasteiger partial charge in [0, 0.05) is 29.5 Å². The van der Waals surface area contributed by atoms with E-state index in [-0.39, 0.29) is 6.79 Å². The van der Waals surface area contributed by atoms with Crippen molar-refractivity contribution in [3.8, 4) is 34.1 Å². The third kappa shape index (κ3) is 1.95. The molecule has 5 rings (SSSR count). The first kappa shape index (κ1) is 15.8. The fourth-order valence-corrected chi connectivity index (χ4v) is 4.83. The van der Waals surface area contributed by atoms with Gasteiger partial charge in [-0.3, -0.25) is 0 Å². The summed E-state index contributed by atoms with van der Waals surface area (Å²) in [5.41, 5.74) is 6.29. The van der Waals surface area contributed by atoms with Gasteiger partial charge in [-0.15, -0.1) is 0 Å². The Kier molecular flexibility index (Phi) is 3.23. The highest BCUT2D eigenvalue weighted by molar-refractivity contribution is 5.88. The van der Waals surface area contributed by atoms with Gasteiger partial charge in [-0.1, -0.05) is 6.07 Å². The molecule has 0 N–H and O–H groups in total. The number of quaternary nitrogens is 1. The zero-order valence-corrected chi connectivity index (χ0v) is 15.7. The summed E-state index contributed by atoms with van der Waals surface area (Å²) >= 11 is 0. The van der Waals surface area contributed by atoms with Gasteiger partial charge in [-0.05, 0) is 23.3 Å². The van der Waals surface area contributed by atoms with Crippen LogP contribution in [0.2, 0.25) is 0 Å². The number of hydrogen-bond donors (Lipinski definition) is 0. The van der Waals surface area contributed by atoms with Crippen LogP contribution in [0.1, 0.15) is 22.7 Å². The Morgan fingerprint density at radius 2 is 1.88 bits per heavy atom. The van der Waals surface area contributed by atoms with E-state index in [1.807, 2.05) is 6.07 Å². The van der Waals surface area contributed by atoms with Crippen molar-refractivity contribution in [3.63, 3.8) is 0 Å². The molecule has 0 spiro atoms. The molecule has 0 aromatic heterocycles. The maximum atomic E-state index is 5.94. The molecular weight excluding hydrogens is 330 g/mol. The van der Waals surface area contributed by atoms with E-state index in [1.165, 1.54) is 16.7 Å². The number of fused-ring (bicyclic) bond motifs is 4. The molecule has 2 aromatic carbocycles. The summed E-state index contributed by atoms with van der Waals surface area (Å²) in [7, 11) is 8.04. The van der Waals surface area contributed by atoms with Crippen LogP contribution in [0.5, 0.6) is 23.0 Å². The maximum absolute atomic E-state index is 5.94. The minimum Gasteiger partial charge on any atom is -0.493 e. The van der Waals surface area contributed by atoms with E-state index < -0.39 is 0 Å². The van der Waals surface area contributed by atoms with E-state index in [4.69, 9.17) is 18.9 Å². The lowest BCUT2D eigenvalue weighted by Crippen LogP contribution is -2.49. The highest BCUT2D eigenvalue weighted by atomic mass is 16.7. The van der Waals surface area contributed by atoms with E-state index in [0.717, 1.165) is 58.0 Å². The molecule has 0 amide bonds. The van der Waals surface area contributed by atoms with Crippen LogP contribution < -0.4 is 18.9 Å². The highest BCUT2D eigenvalue weighted by Crippen LogP contribution is 2.58. The molecule has 0 radical (unpaired) electrons. The first-order chi connectivity index (χ1) is 12.5. The van der Waals surface area contributed by atoms with Crippen molar-refractivity contribution in [3.05, 3.63) is 34.9 Å². The molecule has 5 heteroatoms. The normalized spacial score (nSPS) is 21.0. The molecule has 3 aliphatic rings. The van der Waals surface area contributed by atoms with Crippen LogP contribution in [0, 0.1) is 0 Å². The molecule has 26 heavy (non-hydrogen) atoms. The van der Waals surface area contributed by atoms with E-state index in [9.17, 15) is 0 Å². The van der Waals surface area contributed by atoms with Crippen LogP contribution >= 0.6 is 0 Å².